The molecular weight excluding hydrogens is 501 g/mol. The van der Waals surface area contributed by atoms with Crippen LogP contribution in [-0.4, -0.2) is 30.8 Å². The average Bonchev–Trinajstić information content (AvgIpc) is 2.99. The van der Waals surface area contributed by atoms with E-state index in [1.54, 1.807) is 11.3 Å². The van der Waals surface area contributed by atoms with E-state index < -0.39 is 0 Å². The van der Waals surface area contributed by atoms with Gasteiger partial charge in [-0.05, 0) is 40.5 Å². The Balaban J connectivity index is 0.00000288. The Kier molecular flexibility index (Phi) is 10.6. The molecule has 1 aromatic carbocycles. The smallest absolute Gasteiger partial charge is 0.191 e. The van der Waals surface area contributed by atoms with Gasteiger partial charge in [-0.2, -0.15) is 0 Å². The highest BCUT2D eigenvalue weighted by Crippen LogP contribution is 2.22. The number of benzene rings is 1. The second-order valence-electron chi connectivity index (χ2n) is 5.07. The first-order valence-electron chi connectivity index (χ1n) is 7.65. The molecule has 0 radical (unpaired) electrons. The fourth-order valence-corrected chi connectivity index (χ4v) is 3.58. The summed E-state index contributed by atoms with van der Waals surface area (Å²) in [5, 5.41) is 16.2. The number of hydrogen-bond donors (Lipinski definition) is 3. The van der Waals surface area contributed by atoms with Gasteiger partial charge in [0.15, 0.2) is 5.96 Å². The second-order valence-corrected chi connectivity index (χ2v) is 7.62. The van der Waals surface area contributed by atoms with E-state index in [0.717, 1.165) is 21.9 Å². The maximum atomic E-state index is 9.63. The van der Waals surface area contributed by atoms with E-state index in [9.17, 15) is 5.11 Å². The first kappa shape index (κ1) is 21.4. The van der Waals surface area contributed by atoms with E-state index in [1.165, 1.54) is 4.88 Å². The number of nitrogens with zero attached hydrogens (tertiary/aromatic N) is 1. The first-order chi connectivity index (χ1) is 11.2. The molecule has 0 bridgehead atoms. The van der Waals surface area contributed by atoms with Gasteiger partial charge in [-0.1, -0.05) is 30.3 Å². The van der Waals surface area contributed by atoms with Crippen LogP contribution >= 0.6 is 51.2 Å². The Morgan fingerprint density at radius 3 is 2.54 bits per heavy atom. The molecule has 7 heteroatoms. The molecule has 0 aliphatic rings. The Hall–Kier alpha value is -0.640. The third kappa shape index (κ3) is 7.08. The van der Waals surface area contributed by atoms with Crippen molar-refractivity contribution in [3.8, 4) is 0 Å². The van der Waals surface area contributed by atoms with Crippen LogP contribution in [0.25, 0.3) is 0 Å². The third-order valence-corrected chi connectivity index (χ3v) is 4.98. The summed E-state index contributed by atoms with van der Waals surface area (Å²) < 4.78 is 1.12. The number of guanidine groups is 1. The lowest BCUT2D eigenvalue weighted by molar-refractivity contribution is 0.265. The molecule has 3 N–H and O–H groups in total. The number of rotatable bonds is 7. The van der Waals surface area contributed by atoms with Gasteiger partial charge in [-0.3, -0.25) is 0 Å². The van der Waals surface area contributed by atoms with Gasteiger partial charge in [0.2, 0.25) is 0 Å². The van der Waals surface area contributed by atoms with E-state index in [1.807, 2.05) is 43.3 Å². The molecule has 24 heavy (non-hydrogen) atoms. The Labute approximate surface area is 172 Å². The van der Waals surface area contributed by atoms with E-state index in [4.69, 9.17) is 0 Å². The van der Waals surface area contributed by atoms with Crippen LogP contribution in [-0.2, 0) is 6.54 Å². The summed E-state index contributed by atoms with van der Waals surface area (Å²) in [5.41, 5.74) is 1.13. The molecule has 0 saturated carbocycles. The van der Waals surface area contributed by atoms with Crippen molar-refractivity contribution in [1.29, 1.82) is 0 Å². The van der Waals surface area contributed by atoms with Crippen molar-refractivity contribution in [3.63, 3.8) is 0 Å². The summed E-state index contributed by atoms with van der Waals surface area (Å²) in [6.07, 6.45) is 0. The third-order valence-electron chi connectivity index (χ3n) is 3.37. The molecule has 0 amide bonds. The number of aliphatic hydroxyl groups excluding tert-OH is 1. The lowest BCUT2D eigenvalue weighted by Crippen LogP contribution is -2.39. The van der Waals surface area contributed by atoms with E-state index >= 15 is 0 Å². The van der Waals surface area contributed by atoms with Crippen molar-refractivity contribution in [2.75, 3.05) is 19.7 Å². The molecule has 1 aromatic heterocycles. The Morgan fingerprint density at radius 1 is 1.21 bits per heavy atom. The number of halogens is 2. The molecule has 2 rings (SSSR count). The summed E-state index contributed by atoms with van der Waals surface area (Å²) in [5.74, 6) is 0.822. The Bertz CT molecular complexity index is 621. The van der Waals surface area contributed by atoms with Gasteiger partial charge in [0, 0.05) is 23.9 Å². The largest absolute Gasteiger partial charge is 0.396 e. The molecule has 0 aliphatic carbocycles. The van der Waals surface area contributed by atoms with Gasteiger partial charge >= 0.3 is 0 Å². The molecular formula is C17H23BrIN3OS. The Morgan fingerprint density at radius 2 is 1.96 bits per heavy atom. The number of nitrogens with one attached hydrogen (secondary N) is 2. The van der Waals surface area contributed by atoms with Crippen LogP contribution in [0.4, 0.5) is 0 Å². The highest BCUT2D eigenvalue weighted by molar-refractivity contribution is 14.0. The van der Waals surface area contributed by atoms with Crippen molar-refractivity contribution in [2.45, 2.75) is 19.4 Å². The summed E-state index contributed by atoms with van der Waals surface area (Å²) in [4.78, 5) is 5.80. The lowest BCUT2D eigenvalue weighted by Gasteiger charge is -2.18. The number of thiophene rings is 1. The van der Waals surface area contributed by atoms with Gasteiger partial charge in [-0.15, -0.1) is 35.3 Å². The van der Waals surface area contributed by atoms with Crippen molar-refractivity contribution in [2.24, 2.45) is 4.99 Å². The molecule has 4 nitrogen and oxygen atoms in total. The van der Waals surface area contributed by atoms with Crippen molar-refractivity contribution in [3.05, 3.63) is 56.7 Å². The first-order valence-corrected chi connectivity index (χ1v) is 9.26. The monoisotopic (exact) mass is 523 g/mol. The molecule has 132 valence electrons. The molecule has 0 fully saturated rings. The van der Waals surface area contributed by atoms with Crippen molar-refractivity contribution in [1.82, 2.24) is 10.6 Å². The maximum absolute atomic E-state index is 9.63. The predicted molar refractivity (Wildman–Crippen MR) is 117 cm³/mol. The second kappa shape index (κ2) is 11.8. The van der Waals surface area contributed by atoms with Crippen LogP contribution in [0.5, 0.6) is 0 Å². The molecule has 2 aromatic rings. The normalized spacial score (nSPS) is 12.4. The predicted octanol–water partition coefficient (Wildman–Crippen LogP) is 3.96. The molecule has 1 heterocycles. The van der Waals surface area contributed by atoms with Crippen LogP contribution in [0.2, 0.25) is 0 Å². The molecule has 1 atom stereocenters. The van der Waals surface area contributed by atoms with Gasteiger partial charge in [0.25, 0.3) is 0 Å². The summed E-state index contributed by atoms with van der Waals surface area (Å²) in [6, 6.07) is 14.1. The van der Waals surface area contributed by atoms with Crippen molar-refractivity contribution < 1.29 is 5.11 Å². The fraction of sp³-hybridized carbons (Fsp3) is 0.353. The topological polar surface area (TPSA) is 56.7 Å². The summed E-state index contributed by atoms with van der Waals surface area (Å²) >= 11 is 5.15. The van der Waals surface area contributed by atoms with E-state index in [-0.39, 0.29) is 36.5 Å². The van der Waals surface area contributed by atoms with Crippen molar-refractivity contribution >= 4 is 57.2 Å². The molecule has 0 spiro atoms. The molecule has 0 saturated heterocycles. The van der Waals surface area contributed by atoms with E-state index in [0.29, 0.717) is 13.1 Å². The van der Waals surface area contributed by atoms with Gasteiger partial charge < -0.3 is 15.7 Å². The number of hydrogen-bond acceptors (Lipinski definition) is 3. The number of aliphatic hydroxyl groups is 1. The van der Waals surface area contributed by atoms with Gasteiger partial charge in [-0.25, -0.2) is 4.99 Å². The molecule has 0 aliphatic heterocycles. The van der Waals surface area contributed by atoms with E-state index in [2.05, 4.69) is 37.6 Å². The lowest BCUT2D eigenvalue weighted by atomic mass is 10.0. The quantitative estimate of drug-likeness (QED) is 0.292. The summed E-state index contributed by atoms with van der Waals surface area (Å²) in [7, 11) is 0. The summed E-state index contributed by atoms with van der Waals surface area (Å²) in [6.45, 7) is 4.23. The highest BCUT2D eigenvalue weighted by atomic mass is 127. The standard InChI is InChI=1S/C17H22BrN3OS.HI/c1-2-19-17(21-11-15-8-9-16(18)23-15)20-10-14(12-22)13-6-4-3-5-7-13;/h3-9,14,22H,2,10-12H2,1H3,(H2,19,20,21);1H. The fourth-order valence-electron chi connectivity index (χ4n) is 2.17. The minimum Gasteiger partial charge on any atom is -0.396 e. The zero-order valence-corrected chi connectivity index (χ0v) is 18.3. The van der Waals surface area contributed by atoms with Crippen LogP contribution in [0.3, 0.4) is 0 Å². The average molecular weight is 524 g/mol. The minimum absolute atomic E-state index is 0. The zero-order chi connectivity index (χ0) is 16.5. The van der Waals surface area contributed by atoms with Crippen LogP contribution in [0.15, 0.2) is 51.2 Å². The minimum atomic E-state index is 0. The van der Waals surface area contributed by atoms with Crippen LogP contribution in [0, 0.1) is 0 Å². The van der Waals surface area contributed by atoms with Gasteiger partial charge in [0.1, 0.15) is 0 Å². The zero-order valence-electron chi connectivity index (χ0n) is 13.5. The van der Waals surface area contributed by atoms with Crippen LogP contribution in [0.1, 0.15) is 23.3 Å². The maximum Gasteiger partial charge on any atom is 0.191 e. The van der Waals surface area contributed by atoms with Gasteiger partial charge in [0.05, 0.1) is 16.9 Å². The SMILES string of the molecule is CCNC(=NCc1ccc(Br)s1)NCC(CO)c1ccccc1.I. The van der Waals surface area contributed by atoms with Crippen LogP contribution < -0.4 is 10.6 Å². The number of aliphatic imine (C=N–C) groups is 1. The highest BCUT2D eigenvalue weighted by Gasteiger charge is 2.10. The molecule has 1 unspecified atom stereocenters.